The predicted molar refractivity (Wildman–Crippen MR) is 127 cm³/mol. The van der Waals surface area contributed by atoms with Crippen LogP contribution in [0.3, 0.4) is 0 Å². The summed E-state index contributed by atoms with van der Waals surface area (Å²) >= 11 is 0. The van der Waals surface area contributed by atoms with Gasteiger partial charge in [-0.25, -0.2) is 9.18 Å². The number of benzene rings is 4. The Morgan fingerprint density at radius 1 is 0.812 bits per heavy atom. The standard InChI is InChI=1S/C28H25FN2O/c1-21-9-8-14-26(19-21)30-28(32)31(20-22-15-17-25(29)18-16-22)27(23-10-4-2-5-11-23)24-12-6-3-7-13-24/h2-19,27H,20H2,1H3,(H,30,32). The molecule has 0 aliphatic rings. The van der Waals surface area contributed by atoms with Gasteiger partial charge in [-0.05, 0) is 53.4 Å². The summed E-state index contributed by atoms with van der Waals surface area (Å²) in [6.45, 7) is 2.31. The third-order valence-electron chi connectivity index (χ3n) is 5.34. The van der Waals surface area contributed by atoms with Crippen LogP contribution in [0.15, 0.2) is 109 Å². The number of urea groups is 1. The molecule has 0 radical (unpaired) electrons. The summed E-state index contributed by atoms with van der Waals surface area (Å²) < 4.78 is 13.5. The van der Waals surface area contributed by atoms with Crippen LogP contribution < -0.4 is 5.32 Å². The molecule has 0 spiro atoms. The van der Waals surface area contributed by atoms with Gasteiger partial charge in [0.1, 0.15) is 5.82 Å². The molecule has 3 nitrogen and oxygen atoms in total. The number of halogens is 1. The number of carbonyl (C=O) groups is 1. The smallest absolute Gasteiger partial charge is 0.309 e. The normalized spacial score (nSPS) is 10.7. The topological polar surface area (TPSA) is 32.3 Å². The van der Waals surface area contributed by atoms with Crippen molar-refractivity contribution < 1.29 is 9.18 Å². The second-order valence-electron chi connectivity index (χ2n) is 7.78. The van der Waals surface area contributed by atoms with Crippen LogP contribution in [0.1, 0.15) is 28.3 Å². The fourth-order valence-corrected chi connectivity index (χ4v) is 3.81. The maximum Gasteiger partial charge on any atom is 0.322 e. The fraction of sp³-hybridized carbons (Fsp3) is 0.107. The van der Waals surface area contributed by atoms with Crippen LogP contribution in [0.2, 0.25) is 0 Å². The van der Waals surface area contributed by atoms with E-state index in [1.807, 2.05) is 91.9 Å². The molecule has 0 saturated heterocycles. The lowest BCUT2D eigenvalue weighted by Crippen LogP contribution is -2.38. The van der Waals surface area contributed by atoms with Crippen molar-refractivity contribution in [3.05, 3.63) is 137 Å². The molecule has 0 aliphatic carbocycles. The molecule has 0 aliphatic heterocycles. The van der Waals surface area contributed by atoms with Gasteiger partial charge in [-0.15, -0.1) is 0 Å². The van der Waals surface area contributed by atoms with Crippen LogP contribution in [0, 0.1) is 12.7 Å². The highest BCUT2D eigenvalue weighted by Crippen LogP contribution is 2.31. The minimum Gasteiger partial charge on any atom is -0.309 e. The molecule has 4 aromatic rings. The molecule has 32 heavy (non-hydrogen) atoms. The number of nitrogens with one attached hydrogen (secondary N) is 1. The van der Waals surface area contributed by atoms with Crippen molar-refractivity contribution in [1.29, 1.82) is 0 Å². The second kappa shape index (κ2) is 9.92. The molecule has 0 saturated carbocycles. The highest BCUT2D eigenvalue weighted by atomic mass is 19.1. The van der Waals surface area contributed by atoms with E-state index in [0.29, 0.717) is 6.54 Å². The molecule has 4 heteroatoms. The van der Waals surface area contributed by atoms with Crippen LogP contribution in [0.25, 0.3) is 0 Å². The van der Waals surface area contributed by atoms with Crippen molar-refractivity contribution >= 4 is 11.7 Å². The Balaban J connectivity index is 1.76. The van der Waals surface area contributed by atoms with E-state index in [9.17, 15) is 9.18 Å². The van der Waals surface area contributed by atoms with Gasteiger partial charge in [0.25, 0.3) is 0 Å². The van der Waals surface area contributed by atoms with Crippen molar-refractivity contribution in [3.63, 3.8) is 0 Å². The molecule has 1 N–H and O–H groups in total. The Kier molecular flexibility index (Phi) is 6.61. The van der Waals surface area contributed by atoms with Crippen LogP contribution in [0.4, 0.5) is 14.9 Å². The van der Waals surface area contributed by atoms with Gasteiger partial charge in [0, 0.05) is 12.2 Å². The highest BCUT2D eigenvalue weighted by molar-refractivity contribution is 5.90. The quantitative estimate of drug-likeness (QED) is 0.357. The lowest BCUT2D eigenvalue weighted by atomic mass is 9.96. The predicted octanol–water partition coefficient (Wildman–Crippen LogP) is 6.96. The average molecular weight is 425 g/mol. The van der Waals surface area contributed by atoms with Gasteiger partial charge in [-0.2, -0.15) is 0 Å². The molecule has 2 amide bonds. The van der Waals surface area contributed by atoms with Crippen molar-refractivity contribution in [2.75, 3.05) is 5.32 Å². The maximum absolute atomic E-state index is 13.6. The molecule has 4 rings (SSSR count). The summed E-state index contributed by atoms with van der Waals surface area (Å²) in [5, 5.41) is 3.05. The first kappa shape index (κ1) is 21.3. The molecule has 160 valence electrons. The van der Waals surface area contributed by atoms with E-state index in [-0.39, 0.29) is 17.9 Å². The van der Waals surface area contributed by atoms with E-state index < -0.39 is 0 Å². The number of hydrogen-bond donors (Lipinski definition) is 1. The van der Waals surface area contributed by atoms with Gasteiger partial charge in [0.15, 0.2) is 0 Å². The number of amides is 2. The summed E-state index contributed by atoms with van der Waals surface area (Å²) in [6, 6.07) is 33.4. The molecule has 4 aromatic carbocycles. The van der Waals surface area contributed by atoms with Gasteiger partial charge in [-0.3, -0.25) is 0 Å². The largest absolute Gasteiger partial charge is 0.322 e. The second-order valence-corrected chi connectivity index (χ2v) is 7.78. The monoisotopic (exact) mass is 424 g/mol. The van der Waals surface area contributed by atoms with E-state index >= 15 is 0 Å². The number of hydrogen-bond acceptors (Lipinski definition) is 1. The number of aryl methyl sites for hydroxylation is 1. The third kappa shape index (κ3) is 5.22. The highest BCUT2D eigenvalue weighted by Gasteiger charge is 2.27. The summed E-state index contributed by atoms with van der Waals surface area (Å²) in [4.78, 5) is 15.4. The number of anilines is 1. The number of nitrogens with zero attached hydrogens (tertiary/aromatic N) is 1. The van der Waals surface area contributed by atoms with Crippen LogP contribution in [-0.4, -0.2) is 10.9 Å². The first-order valence-corrected chi connectivity index (χ1v) is 10.6. The van der Waals surface area contributed by atoms with Gasteiger partial charge >= 0.3 is 6.03 Å². The molecule has 0 aromatic heterocycles. The maximum atomic E-state index is 13.6. The van der Waals surface area contributed by atoms with E-state index in [1.54, 1.807) is 17.0 Å². The van der Waals surface area contributed by atoms with Gasteiger partial charge < -0.3 is 10.2 Å². The van der Waals surface area contributed by atoms with Gasteiger partial charge in [0.05, 0.1) is 6.04 Å². The molecule has 0 atom stereocenters. The zero-order valence-electron chi connectivity index (χ0n) is 17.9. The zero-order chi connectivity index (χ0) is 22.3. The van der Waals surface area contributed by atoms with Crippen LogP contribution in [0.5, 0.6) is 0 Å². The molecule has 0 heterocycles. The fourth-order valence-electron chi connectivity index (χ4n) is 3.81. The Bertz CT molecular complexity index is 1120. The minimum absolute atomic E-state index is 0.224. The van der Waals surface area contributed by atoms with Crippen molar-refractivity contribution in [3.8, 4) is 0 Å². The van der Waals surface area contributed by atoms with Crippen molar-refractivity contribution in [2.45, 2.75) is 19.5 Å². The third-order valence-corrected chi connectivity index (χ3v) is 5.34. The molecular weight excluding hydrogens is 399 g/mol. The Hall–Kier alpha value is -3.92. The number of rotatable bonds is 6. The van der Waals surface area contributed by atoms with E-state index in [2.05, 4.69) is 5.32 Å². The molecule has 0 bridgehead atoms. The zero-order valence-corrected chi connectivity index (χ0v) is 17.9. The average Bonchev–Trinajstić information content (AvgIpc) is 2.81. The number of carbonyl (C=O) groups excluding carboxylic acids is 1. The Morgan fingerprint density at radius 3 is 1.97 bits per heavy atom. The van der Waals surface area contributed by atoms with E-state index in [1.165, 1.54) is 12.1 Å². The van der Waals surface area contributed by atoms with Crippen molar-refractivity contribution in [2.24, 2.45) is 0 Å². The lowest BCUT2D eigenvalue weighted by molar-refractivity contribution is 0.194. The summed E-state index contributed by atoms with van der Waals surface area (Å²) in [6.07, 6.45) is 0. The summed E-state index contributed by atoms with van der Waals surface area (Å²) in [5.41, 5.74) is 4.65. The molecule has 0 unspecified atom stereocenters. The molecule has 0 fully saturated rings. The van der Waals surface area contributed by atoms with E-state index in [0.717, 1.165) is 27.9 Å². The van der Waals surface area contributed by atoms with E-state index in [4.69, 9.17) is 0 Å². The van der Waals surface area contributed by atoms with Crippen molar-refractivity contribution in [1.82, 2.24) is 4.90 Å². The van der Waals surface area contributed by atoms with Gasteiger partial charge in [-0.1, -0.05) is 84.9 Å². The molecular formula is C28H25FN2O. The SMILES string of the molecule is Cc1cccc(NC(=O)N(Cc2ccc(F)cc2)C(c2ccccc2)c2ccccc2)c1. The Morgan fingerprint density at radius 2 is 1.41 bits per heavy atom. The van der Waals surface area contributed by atoms with Crippen LogP contribution >= 0.6 is 0 Å². The van der Waals surface area contributed by atoms with Crippen LogP contribution in [-0.2, 0) is 6.54 Å². The first-order chi connectivity index (χ1) is 15.6. The lowest BCUT2D eigenvalue weighted by Gasteiger charge is -2.33. The first-order valence-electron chi connectivity index (χ1n) is 10.6. The summed E-state index contributed by atoms with van der Waals surface area (Å²) in [7, 11) is 0. The van der Waals surface area contributed by atoms with Gasteiger partial charge in [0.2, 0.25) is 0 Å². The Labute approximate surface area is 188 Å². The minimum atomic E-state index is -0.313. The summed E-state index contributed by atoms with van der Waals surface area (Å²) in [5.74, 6) is -0.299.